The zero-order valence-electron chi connectivity index (χ0n) is 6.05. The lowest BCUT2D eigenvalue weighted by atomic mass is 10.1. The maximum absolute atomic E-state index is 10.3. The van der Waals surface area contributed by atoms with Crippen LogP contribution in [0.5, 0.6) is 0 Å². The van der Waals surface area contributed by atoms with Crippen molar-refractivity contribution >= 4 is 7.60 Å². The van der Waals surface area contributed by atoms with Crippen LogP contribution in [0.4, 0.5) is 0 Å². The standard InChI is InChI=1S/C5H13O5P/c6-3-5(4-7)1-2-11(8,9)10/h5-7H,1-4H2,(H2,8,9,10). The van der Waals surface area contributed by atoms with E-state index < -0.39 is 13.5 Å². The lowest BCUT2D eigenvalue weighted by molar-refractivity contribution is 0.147. The Morgan fingerprint density at radius 2 is 1.64 bits per heavy atom. The van der Waals surface area contributed by atoms with Gasteiger partial charge in [0.25, 0.3) is 0 Å². The molecule has 0 aromatic rings. The highest BCUT2D eigenvalue weighted by Gasteiger charge is 2.16. The Morgan fingerprint density at radius 1 is 1.18 bits per heavy atom. The predicted octanol–water partition coefficient (Wildman–Crippen LogP) is -0.845. The van der Waals surface area contributed by atoms with Gasteiger partial charge in [0.05, 0.1) is 6.16 Å². The number of aliphatic hydroxyl groups is 2. The van der Waals surface area contributed by atoms with Gasteiger partial charge in [-0.15, -0.1) is 0 Å². The smallest absolute Gasteiger partial charge is 0.325 e. The lowest BCUT2D eigenvalue weighted by Gasteiger charge is -2.10. The summed E-state index contributed by atoms with van der Waals surface area (Å²) < 4.78 is 10.3. The Morgan fingerprint density at radius 3 is 1.91 bits per heavy atom. The topological polar surface area (TPSA) is 98.0 Å². The first-order chi connectivity index (χ1) is 4.99. The molecule has 0 bridgehead atoms. The second kappa shape index (κ2) is 4.85. The highest BCUT2D eigenvalue weighted by atomic mass is 31.2. The third-order valence-corrected chi connectivity index (χ3v) is 2.19. The Labute approximate surface area is 64.8 Å². The van der Waals surface area contributed by atoms with Gasteiger partial charge in [0.1, 0.15) is 0 Å². The molecule has 5 nitrogen and oxygen atoms in total. The quantitative estimate of drug-likeness (QED) is 0.417. The SMILES string of the molecule is O=P(O)(O)CCC(CO)CO. The molecule has 0 atom stereocenters. The van der Waals surface area contributed by atoms with Crippen molar-refractivity contribution in [3.8, 4) is 0 Å². The highest BCUT2D eigenvalue weighted by Crippen LogP contribution is 2.35. The summed E-state index contributed by atoms with van der Waals surface area (Å²) >= 11 is 0. The second-order valence-corrected chi connectivity index (χ2v) is 4.18. The summed E-state index contributed by atoms with van der Waals surface area (Å²) in [5, 5.41) is 17.0. The molecule has 6 heteroatoms. The summed E-state index contributed by atoms with van der Waals surface area (Å²) in [7, 11) is -3.97. The van der Waals surface area contributed by atoms with Crippen LogP contribution in [-0.2, 0) is 4.57 Å². The molecule has 0 aromatic carbocycles. The Balaban J connectivity index is 3.59. The van der Waals surface area contributed by atoms with E-state index in [9.17, 15) is 4.57 Å². The average Bonchev–Trinajstić information content (AvgIpc) is 1.88. The molecule has 0 rings (SSSR count). The Bertz CT molecular complexity index is 138. The fourth-order valence-corrected chi connectivity index (χ4v) is 1.29. The summed E-state index contributed by atoms with van der Waals surface area (Å²) in [6.07, 6.45) is -0.129. The molecule has 0 aliphatic heterocycles. The van der Waals surface area contributed by atoms with Gasteiger partial charge in [0, 0.05) is 19.1 Å². The van der Waals surface area contributed by atoms with E-state index >= 15 is 0 Å². The Kier molecular flexibility index (Phi) is 4.88. The lowest BCUT2D eigenvalue weighted by Crippen LogP contribution is -2.12. The molecule has 0 fully saturated rings. The summed E-state index contributed by atoms with van der Waals surface area (Å²) in [5.74, 6) is -0.414. The number of rotatable bonds is 5. The molecular weight excluding hydrogens is 171 g/mol. The molecule has 4 N–H and O–H groups in total. The van der Waals surface area contributed by atoms with E-state index in [1.54, 1.807) is 0 Å². The van der Waals surface area contributed by atoms with Crippen LogP contribution in [0, 0.1) is 5.92 Å². The molecule has 0 aliphatic carbocycles. The summed E-state index contributed by atoms with van der Waals surface area (Å²) in [6.45, 7) is -0.479. The predicted molar refractivity (Wildman–Crippen MR) is 39.2 cm³/mol. The maximum atomic E-state index is 10.3. The van der Waals surface area contributed by atoms with Crippen molar-refractivity contribution in [1.29, 1.82) is 0 Å². The van der Waals surface area contributed by atoms with Crippen LogP contribution >= 0.6 is 7.60 Å². The van der Waals surface area contributed by atoms with Gasteiger partial charge < -0.3 is 20.0 Å². The van der Waals surface area contributed by atoms with Crippen molar-refractivity contribution in [1.82, 2.24) is 0 Å². The molecule has 0 spiro atoms. The van der Waals surface area contributed by atoms with Crippen molar-refractivity contribution in [2.24, 2.45) is 5.92 Å². The molecule has 0 radical (unpaired) electrons. The van der Waals surface area contributed by atoms with Crippen molar-refractivity contribution in [3.05, 3.63) is 0 Å². The van der Waals surface area contributed by atoms with E-state index in [1.165, 1.54) is 0 Å². The number of aliphatic hydroxyl groups excluding tert-OH is 2. The third-order valence-electron chi connectivity index (χ3n) is 1.35. The van der Waals surface area contributed by atoms with Gasteiger partial charge in [-0.1, -0.05) is 0 Å². The highest BCUT2D eigenvalue weighted by molar-refractivity contribution is 7.51. The average molecular weight is 184 g/mol. The van der Waals surface area contributed by atoms with Crippen molar-refractivity contribution in [2.45, 2.75) is 6.42 Å². The van der Waals surface area contributed by atoms with Gasteiger partial charge in [0.15, 0.2) is 0 Å². The molecule has 11 heavy (non-hydrogen) atoms. The fourth-order valence-electron chi connectivity index (χ4n) is 0.591. The normalized spacial score (nSPS) is 12.5. The summed E-state index contributed by atoms with van der Waals surface area (Å²) in [5.41, 5.74) is 0. The Hall–Kier alpha value is 0.0700. The van der Waals surface area contributed by atoms with Crippen LogP contribution < -0.4 is 0 Å². The largest absolute Gasteiger partial charge is 0.396 e. The molecule has 0 heterocycles. The van der Waals surface area contributed by atoms with Crippen LogP contribution in [0.25, 0.3) is 0 Å². The van der Waals surface area contributed by atoms with E-state index in [0.29, 0.717) is 0 Å². The first-order valence-corrected chi connectivity index (χ1v) is 5.05. The van der Waals surface area contributed by atoms with Crippen LogP contribution in [0.15, 0.2) is 0 Å². The van der Waals surface area contributed by atoms with Gasteiger partial charge in [-0.2, -0.15) is 0 Å². The van der Waals surface area contributed by atoms with E-state index in [4.69, 9.17) is 20.0 Å². The molecule has 0 unspecified atom stereocenters. The zero-order valence-corrected chi connectivity index (χ0v) is 6.94. The molecule has 0 aromatic heterocycles. The van der Waals surface area contributed by atoms with E-state index in [0.717, 1.165) is 0 Å². The first kappa shape index (κ1) is 11.1. The van der Waals surface area contributed by atoms with Gasteiger partial charge in [-0.05, 0) is 6.42 Å². The van der Waals surface area contributed by atoms with Crippen LogP contribution in [0.1, 0.15) is 6.42 Å². The van der Waals surface area contributed by atoms with Crippen LogP contribution in [-0.4, -0.2) is 39.4 Å². The van der Waals surface area contributed by atoms with E-state index in [1.807, 2.05) is 0 Å². The fraction of sp³-hybridized carbons (Fsp3) is 1.00. The minimum absolute atomic E-state index is 0.150. The molecule has 0 saturated carbocycles. The zero-order chi connectivity index (χ0) is 8.91. The molecule has 68 valence electrons. The van der Waals surface area contributed by atoms with Gasteiger partial charge in [-0.3, -0.25) is 4.57 Å². The van der Waals surface area contributed by atoms with Crippen molar-refractivity contribution in [2.75, 3.05) is 19.4 Å². The molecule has 0 amide bonds. The second-order valence-electron chi connectivity index (χ2n) is 2.41. The van der Waals surface area contributed by atoms with E-state index in [-0.39, 0.29) is 25.8 Å². The summed E-state index contributed by atoms with van der Waals surface area (Å²) in [6, 6.07) is 0. The summed E-state index contributed by atoms with van der Waals surface area (Å²) in [4.78, 5) is 16.8. The van der Waals surface area contributed by atoms with E-state index in [2.05, 4.69) is 0 Å². The number of hydrogen-bond acceptors (Lipinski definition) is 3. The molecular formula is C5H13O5P. The molecule has 0 aliphatic rings. The minimum Gasteiger partial charge on any atom is -0.396 e. The van der Waals surface area contributed by atoms with Gasteiger partial charge >= 0.3 is 7.60 Å². The van der Waals surface area contributed by atoms with Gasteiger partial charge in [-0.25, -0.2) is 0 Å². The van der Waals surface area contributed by atoms with Crippen LogP contribution in [0.2, 0.25) is 0 Å². The first-order valence-electron chi connectivity index (χ1n) is 3.26. The molecule has 0 saturated heterocycles. The third kappa shape index (κ3) is 6.47. The number of hydrogen-bond donors (Lipinski definition) is 4. The minimum atomic E-state index is -3.97. The monoisotopic (exact) mass is 184 g/mol. The maximum Gasteiger partial charge on any atom is 0.325 e. The van der Waals surface area contributed by atoms with Crippen molar-refractivity contribution in [3.63, 3.8) is 0 Å². The van der Waals surface area contributed by atoms with Crippen LogP contribution in [0.3, 0.4) is 0 Å². The van der Waals surface area contributed by atoms with Crippen molar-refractivity contribution < 1.29 is 24.6 Å². The van der Waals surface area contributed by atoms with Gasteiger partial charge in [0.2, 0.25) is 0 Å².